The molecule has 0 radical (unpaired) electrons. The highest BCUT2D eigenvalue weighted by atomic mass is 32.2. The molecule has 0 aromatic rings. The molecule has 2 saturated heterocycles. The molecule has 1 N–H and O–H groups in total. The van der Waals surface area contributed by atoms with Crippen molar-refractivity contribution in [2.24, 2.45) is 0 Å². The summed E-state index contributed by atoms with van der Waals surface area (Å²) in [7, 11) is -3.42. The summed E-state index contributed by atoms with van der Waals surface area (Å²) in [6.07, 6.45) is 4.79. The number of nitrogens with one attached hydrogen (secondary N) is 1. The molecule has 2 fully saturated rings. The van der Waals surface area contributed by atoms with Gasteiger partial charge >= 0.3 is 0 Å². The molecule has 8 heteroatoms. The van der Waals surface area contributed by atoms with Gasteiger partial charge in [-0.05, 0) is 25.7 Å². The zero-order chi connectivity index (χ0) is 15.3. The zero-order valence-electron chi connectivity index (χ0n) is 12.4. The van der Waals surface area contributed by atoms with E-state index in [-0.39, 0.29) is 31.2 Å². The fraction of sp³-hybridized carbons (Fsp3) is 0.923. The molecule has 0 bridgehead atoms. The van der Waals surface area contributed by atoms with Crippen LogP contribution in [0.2, 0.25) is 0 Å². The van der Waals surface area contributed by atoms with E-state index >= 15 is 0 Å². The average molecular weight is 320 g/mol. The van der Waals surface area contributed by atoms with Gasteiger partial charge in [0, 0.05) is 26.3 Å². The lowest BCUT2D eigenvalue weighted by Gasteiger charge is -2.22. The molecule has 2 rings (SSSR count). The number of ether oxygens (including phenoxy) is 2. The Labute approximate surface area is 126 Å². The molecule has 1 amide bonds. The third kappa shape index (κ3) is 5.54. The second-order valence-electron chi connectivity index (χ2n) is 5.63. The maximum absolute atomic E-state index is 11.9. The van der Waals surface area contributed by atoms with Crippen LogP contribution in [-0.4, -0.2) is 69.9 Å². The van der Waals surface area contributed by atoms with Crippen LogP contribution >= 0.6 is 0 Å². The van der Waals surface area contributed by atoms with Gasteiger partial charge in [-0.25, -0.2) is 8.42 Å². The Balaban J connectivity index is 1.80. The summed E-state index contributed by atoms with van der Waals surface area (Å²) in [5.74, 6) is -0.297. The highest BCUT2D eigenvalue weighted by Gasteiger charge is 2.26. The fourth-order valence-corrected chi connectivity index (χ4v) is 3.37. The summed E-state index contributed by atoms with van der Waals surface area (Å²) >= 11 is 0. The van der Waals surface area contributed by atoms with Gasteiger partial charge in [0.15, 0.2) is 0 Å². The van der Waals surface area contributed by atoms with E-state index in [1.165, 1.54) is 4.31 Å². The van der Waals surface area contributed by atoms with Gasteiger partial charge in [0.1, 0.15) is 0 Å². The highest BCUT2D eigenvalue weighted by molar-refractivity contribution is 7.88. The van der Waals surface area contributed by atoms with E-state index in [0.29, 0.717) is 13.2 Å². The van der Waals surface area contributed by atoms with Gasteiger partial charge < -0.3 is 14.8 Å². The molecule has 2 aliphatic rings. The Morgan fingerprint density at radius 1 is 1.19 bits per heavy atom. The number of carbonyl (C=O) groups is 1. The van der Waals surface area contributed by atoms with E-state index in [1.807, 2.05) is 0 Å². The molecule has 0 aromatic heterocycles. The second kappa shape index (κ2) is 7.53. The van der Waals surface area contributed by atoms with Crippen LogP contribution in [0.25, 0.3) is 0 Å². The van der Waals surface area contributed by atoms with Crippen molar-refractivity contribution in [1.82, 2.24) is 9.62 Å². The van der Waals surface area contributed by atoms with E-state index in [4.69, 9.17) is 9.47 Å². The van der Waals surface area contributed by atoms with Gasteiger partial charge in [-0.3, -0.25) is 4.79 Å². The smallest absolute Gasteiger partial charge is 0.235 e. The molecule has 7 nitrogen and oxygen atoms in total. The van der Waals surface area contributed by atoms with Crippen molar-refractivity contribution in [2.45, 2.75) is 37.9 Å². The minimum Gasteiger partial charge on any atom is -0.377 e. The number of hydrogen-bond donors (Lipinski definition) is 1. The third-order valence-electron chi connectivity index (χ3n) is 3.77. The predicted octanol–water partition coefficient (Wildman–Crippen LogP) is -0.278. The van der Waals surface area contributed by atoms with Crippen molar-refractivity contribution >= 4 is 15.9 Å². The van der Waals surface area contributed by atoms with E-state index in [0.717, 1.165) is 38.5 Å². The second-order valence-corrected chi connectivity index (χ2v) is 7.61. The first-order valence-electron chi connectivity index (χ1n) is 7.40. The van der Waals surface area contributed by atoms with Crippen LogP contribution in [0.15, 0.2) is 0 Å². The number of nitrogens with zero attached hydrogens (tertiary/aromatic N) is 1. The van der Waals surface area contributed by atoms with Crippen LogP contribution in [0.5, 0.6) is 0 Å². The van der Waals surface area contributed by atoms with Gasteiger partial charge in [-0.15, -0.1) is 0 Å². The molecule has 0 aliphatic carbocycles. The maximum Gasteiger partial charge on any atom is 0.235 e. The minimum absolute atomic E-state index is 0.0544. The first-order chi connectivity index (χ1) is 9.95. The van der Waals surface area contributed by atoms with Crippen molar-refractivity contribution in [3.05, 3.63) is 0 Å². The summed E-state index contributed by atoms with van der Waals surface area (Å²) in [5.41, 5.74) is 0. The molecule has 2 aliphatic heterocycles. The largest absolute Gasteiger partial charge is 0.377 e. The SMILES string of the molecule is CS(=O)(=O)N(CC(=O)NCC1CCCO1)CC1CCCO1. The van der Waals surface area contributed by atoms with Gasteiger partial charge in [0.25, 0.3) is 0 Å². The molecule has 2 unspecified atom stereocenters. The Hall–Kier alpha value is -0.700. The normalized spacial score (nSPS) is 26.4. The van der Waals surface area contributed by atoms with Gasteiger partial charge in [-0.2, -0.15) is 4.31 Å². The van der Waals surface area contributed by atoms with Crippen LogP contribution in [0.1, 0.15) is 25.7 Å². The maximum atomic E-state index is 11.9. The van der Waals surface area contributed by atoms with Crippen LogP contribution in [0.3, 0.4) is 0 Å². The molecule has 0 saturated carbocycles. The molecule has 0 aromatic carbocycles. The van der Waals surface area contributed by atoms with E-state index in [9.17, 15) is 13.2 Å². The van der Waals surface area contributed by atoms with Gasteiger partial charge in [-0.1, -0.05) is 0 Å². The predicted molar refractivity (Wildman–Crippen MR) is 77.4 cm³/mol. The lowest BCUT2D eigenvalue weighted by molar-refractivity contribution is -0.122. The molecule has 0 spiro atoms. The first kappa shape index (κ1) is 16.7. The highest BCUT2D eigenvalue weighted by Crippen LogP contribution is 2.15. The summed E-state index contributed by atoms with van der Waals surface area (Å²) in [6, 6.07) is 0. The topological polar surface area (TPSA) is 84.9 Å². The Kier molecular flexibility index (Phi) is 5.98. The van der Waals surface area contributed by atoms with Crippen molar-refractivity contribution in [3.8, 4) is 0 Å². The number of amides is 1. The summed E-state index contributed by atoms with van der Waals surface area (Å²) < 4.78 is 35.6. The summed E-state index contributed by atoms with van der Waals surface area (Å²) in [5, 5.41) is 2.74. The molecule has 2 atom stereocenters. The quantitative estimate of drug-likeness (QED) is 0.697. The van der Waals surface area contributed by atoms with Crippen molar-refractivity contribution in [2.75, 3.05) is 39.1 Å². The van der Waals surface area contributed by atoms with E-state index < -0.39 is 10.0 Å². The molecule has 2 heterocycles. The first-order valence-corrected chi connectivity index (χ1v) is 9.25. The van der Waals surface area contributed by atoms with Crippen molar-refractivity contribution < 1.29 is 22.7 Å². The Bertz CT molecular complexity index is 441. The number of sulfonamides is 1. The summed E-state index contributed by atoms with van der Waals surface area (Å²) in [4.78, 5) is 11.9. The molecular formula is C13H24N2O5S. The van der Waals surface area contributed by atoms with E-state index in [2.05, 4.69) is 5.32 Å². The number of rotatable bonds is 7. The lowest BCUT2D eigenvalue weighted by Crippen LogP contribution is -2.44. The van der Waals surface area contributed by atoms with Crippen molar-refractivity contribution in [3.63, 3.8) is 0 Å². The average Bonchev–Trinajstić information content (AvgIpc) is 3.07. The number of carbonyl (C=O) groups excluding carboxylic acids is 1. The Morgan fingerprint density at radius 2 is 1.81 bits per heavy atom. The van der Waals surface area contributed by atoms with Crippen molar-refractivity contribution in [1.29, 1.82) is 0 Å². The standard InChI is InChI=1S/C13H24N2O5S/c1-21(17,18)15(9-12-5-3-7-20-12)10-13(16)14-8-11-4-2-6-19-11/h11-12H,2-10H2,1H3,(H,14,16). The fourth-order valence-electron chi connectivity index (χ4n) is 2.58. The monoisotopic (exact) mass is 320 g/mol. The third-order valence-corrected chi connectivity index (χ3v) is 4.99. The van der Waals surface area contributed by atoms with Crippen LogP contribution in [0.4, 0.5) is 0 Å². The van der Waals surface area contributed by atoms with Gasteiger partial charge in [0.2, 0.25) is 15.9 Å². The number of hydrogen-bond acceptors (Lipinski definition) is 5. The molecule has 21 heavy (non-hydrogen) atoms. The molecular weight excluding hydrogens is 296 g/mol. The van der Waals surface area contributed by atoms with Crippen LogP contribution in [0, 0.1) is 0 Å². The zero-order valence-corrected chi connectivity index (χ0v) is 13.2. The minimum atomic E-state index is -3.42. The Morgan fingerprint density at radius 3 is 2.33 bits per heavy atom. The van der Waals surface area contributed by atoms with Crippen LogP contribution < -0.4 is 5.32 Å². The molecule has 122 valence electrons. The summed E-state index contributed by atoms with van der Waals surface area (Å²) in [6.45, 7) is 1.91. The van der Waals surface area contributed by atoms with Crippen LogP contribution in [-0.2, 0) is 24.3 Å². The van der Waals surface area contributed by atoms with E-state index in [1.54, 1.807) is 0 Å². The van der Waals surface area contributed by atoms with Gasteiger partial charge in [0.05, 0.1) is 25.0 Å². The lowest BCUT2D eigenvalue weighted by atomic mass is 10.2.